The summed E-state index contributed by atoms with van der Waals surface area (Å²) in [6, 6.07) is 19.2. The van der Waals surface area contributed by atoms with Gasteiger partial charge in [-0.1, -0.05) is 48.5 Å². The lowest BCUT2D eigenvalue weighted by Crippen LogP contribution is -2.06. The number of hydrogen-bond acceptors (Lipinski definition) is 3. The molecule has 3 rings (SSSR count). The summed E-state index contributed by atoms with van der Waals surface area (Å²) < 4.78 is 13.1. The molecule has 0 amide bonds. The fraction of sp³-hybridized carbons (Fsp3) is 0. The van der Waals surface area contributed by atoms with Gasteiger partial charge in [0.15, 0.2) is 0 Å². The second-order valence-electron chi connectivity index (χ2n) is 5.42. The Morgan fingerprint density at radius 2 is 1.08 bits per heavy atom. The molecule has 26 heavy (non-hydrogen) atoms. The molecule has 3 aromatic rings. The van der Waals surface area contributed by atoms with Crippen LogP contribution < -0.4 is 0 Å². The van der Waals surface area contributed by atoms with Gasteiger partial charge < -0.3 is 10.2 Å². The van der Waals surface area contributed by atoms with Crippen molar-refractivity contribution in [3.8, 4) is 11.1 Å². The van der Waals surface area contributed by atoms with E-state index in [-0.39, 0.29) is 16.0 Å². The molecule has 0 aliphatic rings. The largest absolute Gasteiger partial charge is 0.478 e. The lowest BCUT2D eigenvalue weighted by molar-refractivity contribution is 0.0684. The van der Waals surface area contributed by atoms with Crippen LogP contribution in [0.4, 0.5) is 0 Å². The number of carboxylic acids is 2. The average molecular weight is 366 g/mol. The van der Waals surface area contributed by atoms with Crippen LogP contribution in [0.1, 0.15) is 20.7 Å². The number of aromatic carboxylic acids is 2. The highest BCUT2D eigenvalue weighted by atomic mass is 32.2. The van der Waals surface area contributed by atoms with Crippen LogP contribution in [0.15, 0.2) is 82.6 Å². The molecule has 0 aliphatic heterocycles. The molecule has 0 spiro atoms. The van der Waals surface area contributed by atoms with Crippen LogP contribution in [0, 0.1) is 0 Å². The number of rotatable bonds is 5. The first kappa shape index (κ1) is 17.6. The van der Waals surface area contributed by atoms with Gasteiger partial charge in [-0.25, -0.2) is 13.8 Å². The maximum Gasteiger partial charge on any atom is 0.336 e. The maximum absolute atomic E-state index is 13.1. The van der Waals surface area contributed by atoms with Gasteiger partial charge in [-0.15, -0.1) is 0 Å². The van der Waals surface area contributed by atoms with Crippen molar-refractivity contribution < 1.29 is 24.0 Å². The van der Waals surface area contributed by atoms with Crippen molar-refractivity contribution in [2.45, 2.75) is 9.79 Å². The molecule has 1 unspecified atom stereocenters. The highest BCUT2D eigenvalue weighted by Gasteiger charge is 2.21. The van der Waals surface area contributed by atoms with Crippen molar-refractivity contribution in [3.63, 3.8) is 0 Å². The topological polar surface area (TPSA) is 91.7 Å². The summed E-state index contributed by atoms with van der Waals surface area (Å²) in [5, 5.41) is 18.8. The van der Waals surface area contributed by atoms with E-state index in [9.17, 15) is 24.0 Å². The predicted octanol–water partition coefficient (Wildman–Crippen LogP) is 3.92. The lowest BCUT2D eigenvalue weighted by Gasteiger charge is -2.13. The Morgan fingerprint density at radius 3 is 1.69 bits per heavy atom. The SMILES string of the molecule is O=C(O)c1ccccc1-c1ccccc1S(=O)c1ccccc1C(=O)O. The number of carbonyl (C=O) groups is 2. The van der Waals surface area contributed by atoms with E-state index in [0.717, 1.165) is 0 Å². The molecule has 0 aromatic heterocycles. The van der Waals surface area contributed by atoms with E-state index < -0.39 is 22.7 Å². The van der Waals surface area contributed by atoms with Crippen molar-refractivity contribution in [3.05, 3.63) is 83.9 Å². The van der Waals surface area contributed by atoms with Crippen molar-refractivity contribution in [1.82, 2.24) is 0 Å². The fourth-order valence-electron chi connectivity index (χ4n) is 2.68. The molecule has 0 bridgehead atoms. The Morgan fingerprint density at radius 1 is 0.615 bits per heavy atom. The van der Waals surface area contributed by atoms with E-state index in [1.165, 1.54) is 18.2 Å². The molecule has 0 saturated carbocycles. The highest BCUT2D eigenvalue weighted by Crippen LogP contribution is 2.32. The average Bonchev–Trinajstić information content (AvgIpc) is 2.67. The van der Waals surface area contributed by atoms with Gasteiger partial charge in [-0.2, -0.15) is 0 Å². The Balaban J connectivity index is 2.20. The van der Waals surface area contributed by atoms with Gasteiger partial charge in [-0.05, 0) is 35.4 Å². The van der Waals surface area contributed by atoms with Crippen LogP contribution >= 0.6 is 0 Å². The molecule has 0 aliphatic carbocycles. The molecule has 0 fully saturated rings. The van der Waals surface area contributed by atoms with E-state index >= 15 is 0 Å². The second-order valence-corrected chi connectivity index (χ2v) is 6.83. The fourth-order valence-corrected chi connectivity index (χ4v) is 4.05. The zero-order chi connectivity index (χ0) is 18.7. The van der Waals surface area contributed by atoms with Crippen LogP contribution in [-0.4, -0.2) is 26.4 Å². The maximum atomic E-state index is 13.1. The third-order valence-electron chi connectivity index (χ3n) is 3.85. The summed E-state index contributed by atoms with van der Waals surface area (Å²) in [7, 11) is -1.79. The van der Waals surface area contributed by atoms with Crippen LogP contribution in [0.3, 0.4) is 0 Å². The first-order valence-corrected chi connectivity index (χ1v) is 8.81. The molecule has 130 valence electrons. The molecule has 0 heterocycles. The van der Waals surface area contributed by atoms with Crippen LogP contribution in [0.2, 0.25) is 0 Å². The normalized spacial score (nSPS) is 11.7. The Hall–Kier alpha value is -3.25. The van der Waals surface area contributed by atoms with E-state index in [4.69, 9.17) is 0 Å². The first-order chi connectivity index (χ1) is 12.5. The Bertz CT molecular complexity index is 1030. The number of carboxylic acid groups (broad SMARTS) is 2. The molecule has 1 atom stereocenters. The quantitative estimate of drug-likeness (QED) is 0.714. The zero-order valence-electron chi connectivity index (χ0n) is 13.5. The summed E-state index contributed by atoms with van der Waals surface area (Å²) in [5.74, 6) is -2.26. The summed E-state index contributed by atoms with van der Waals surface area (Å²) in [6.45, 7) is 0. The molecule has 3 aromatic carbocycles. The molecule has 2 N–H and O–H groups in total. The molecule has 0 radical (unpaired) electrons. The van der Waals surface area contributed by atoms with E-state index in [1.54, 1.807) is 54.6 Å². The highest BCUT2D eigenvalue weighted by molar-refractivity contribution is 7.85. The monoisotopic (exact) mass is 366 g/mol. The molecule has 0 saturated heterocycles. The van der Waals surface area contributed by atoms with E-state index in [2.05, 4.69) is 0 Å². The van der Waals surface area contributed by atoms with Gasteiger partial charge in [0.25, 0.3) is 0 Å². The zero-order valence-corrected chi connectivity index (χ0v) is 14.3. The van der Waals surface area contributed by atoms with Crippen molar-refractivity contribution in [1.29, 1.82) is 0 Å². The number of hydrogen-bond donors (Lipinski definition) is 2. The second kappa shape index (κ2) is 7.33. The summed E-state index contributed by atoms with van der Waals surface area (Å²) >= 11 is 0. The first-order valence-electron chi connectivity index (χ1n) is 7.66. The van der Waals surface area contributed by atoms with Gasteiger partial charge in [0, 0.05) is 0 Å². The smallest absolute Gasteiger partial charge is 0.336 e. The third kappa shape index (κ3) is 3.27. The van der Waals surface area contributed by atoms with Gasteiger partial charge in [0.05, 0.1) is 31.7 Å². The summed E-state index contributed by atoms with van der Waals surface area (Å²) in [5.41, 5.74) is 0.955. The minimum absolute atomic E-state index is 0.0489. The van der Waals surface area contributed by atoms with E-state index in [1.807, 2.05) is 0 Å². The molecule has 5 nitrogen and oxygen atoms in total. The van der Waals surface area contributed by atoms with Gasteiger partial charge in [-0.3, -0.25) is 0 Å². The summed E-state index contributed by atoms with van der Waals surface area (Å²) in [4.78, 5) is 23.5. The van der Waals surface area contributed by atoms with Gasteiger partial charge in [0.1, 0.15) is 0 Å². The molecule has 6 heteroatoms. The summed E-state index contributed by atoms with van der Waals surface area (Å²) in [6.07, 6.45) is 0. The minimum Gasteiger partial charge on any atom is -0.478 e. The van der Waals surface area contributed by atoms with Crippen molar-refractivity contribution >= 4 is 22.7 Å². The molecular weight excluding hydrogens is 352 g/mol. The van der Waals surface area contributed by atoms with Gasteiger partial charge in [0.2, 0.25) is 0 Å². The number of benzene rings is 3. The van der Waals surface area contributed by atoms with Crippen molar-refractivity contribution in [2.24, 2.45) is 0 Å². The lowest BCUT2D eigenvalue weighted by atomic mass is 10.00. The third-order valence-corrected chi connectivity index (χ3v) is 5.36. The van der Waals surface area contributed by atoms with Crippen molar-refractivity contribution in [2.75, 3.05) is 0 Å². The molecular formula is C20H14O5S. The van der Waals surface area contributed by atoms with Crippen LogP contribution in [0.25, 0.3) is 11.1 Å². The van der Waals surface area contributed by atoms with Crippen LogP contribution in [-0.2, 0) is 10.8 Å². The standard InChI is InChI=1S/C20H14O5S/c21-19(22)15-9-2-1-7-13(15)14-8-3-5-11-17(14)26(25)18-12-6-4-10-16(18)20(23)24/h1-12H,(H,21,22)(H,23,24). The Kier molecular flexibility index (Phi) is 4.95. The van der Waals surface area contributed by atoms with Gasteiger partial charge >= 0.3 is 11.9 Å². The van der Waals surface area contributed by atoms with E-state index in [0.29, 0.717) is 16.0 Å². The minimum atomic E-state index is -1.79. The predicted molar refractivity (Wildman–Crippen MR) is 96.9 cm³/mol. The Labute approximate surface area is 152 Å². The van der Waals surface area contributed by atoms with Crippen LogP contribution in [0.5, 0.6) is 0 Å².